The van der Waals surface area contributed by atoms with Crippen LogP contribution in [0, 0.1) is 23.2 Å². The first-order valence-corrected chi connectivity index (χ1v) is 14.3. The Kier molecular flexibility index (Phi) is 9.47. The average Bonchev–Trinajstić information content (AvgIpc) is 3.28. The minimum absolute atomic E-state index is 0.146. The van der Waals surface area contributed by atoms with Crippen LogP contribution in [0.2, 0.25) is 0 Å². The molecule has 1 aliphatic carbocycles. The molecule has 0 radical (unpaired) electrons. The van der Waals surface area contributed by atoms with Gasteiger partial charge in [-0.2, -0.15) is 5.26 Å². The lowest BCUT2D eigenvalue weighted by molar-refractivity contribution is -0.131. The Hall–Kier alpha value is -4.34. The van der Waals surface area contributed by atoms with Crippen LogP contribution in [0.15, 0.2) is 30.5 Å². The molecule has 1 atom stereocenters. The van der Waals surface area contributed by atoms with Gasteiger partial charge in [0, 0.05) is 36.2 Å². The summed E-state index contributed by atoms with van der Waals surface area (Å²) in [6.07, 6.45) is 3.13. The van der Waals surface area contributed by atoms with E-state index < -0.39 is 55.0 Å². The third-order valence-corrected chi connectivity index (χ3v) is 7.54. The fraction of sp³-hybridized carbons (Fsp3) is 0.533. The smallest absolute Gasteiger partial charge is 0.407 e. The van der Waals surface area contributed by atoms with Gasteiger partial charge in [0.2, 0.25) is 11.8 Å². The number of hydrogen-bond donors (Lipinski definition) is 3. The van der Waals surface area contributed by atoms with Gasteiger partial charge in [-0.05, 0) is 76.6 Å². The second-order valence-corrected chi connectivity index (χ2v) is 12.1. The van der Waals surface area contributed by atoms with Crippen molar-refractivity contribution in [3.8, 4) is 6.07 Å². The molecule has 0 bridgehead atoms. The number of hydrogen-bond acceptors (Lipinski definition) is 7. The number of ether oxygens (including phenoxy) is 1. The summed E-state index contributed by atoms with van der Waals surface area (Å²) in [7, 11) is 0. The fourth-order valence-corrected chi connectivity index (χ4v) is 5.38. The molecule has 13 heteroatoms. The molecule has 43 heavy (non-hydrogen) atoms. The molecule has 1 saturated carbocycles. The average molecular weight is 599 g/mol. The Balaban J connectivity index is 1.33. The molecule has 1 aromatic carbocycles. The molecule has 2 aliphatic rings. The number of fused-ring (bicyclic) bond motifs is 1. The van der Waals surface area contributed by atoms with Crippen LogP contribution in [-0.2, 0) is 14.3 Å². The standard InChI is InChI=1S/C30H36F2N6O5/c1-29(2,3)43-28(42)36-15-18-4-6-19(7-5-18)26(40)37-20-8-9-24-23(12-20)22(10-11-34-24)27(41)35-16-25(39)38-17-30(31,32)13-21(38)14-33/h8-12,18-19,21H,4-7,13,15-17H2,1-3H3,(H,35,41)(H,36,42)(H,37,40)/t18-,19-,21-/m0/s1. The Morgan fingerprint density at radius 1 is 1.12 bits per heavy atom. The molecule has 0 unspecified atom stereocenters. The predicted molar refractivity (Wildman–Crippen MR) is 153 cm³/mol. The molecule has 1 aromatic heterocycles. The van der Waals surface area contributed by atoms with Gasteiger partial charge in [-0.15, -0.1) is 0 Å². The highest BCUT2D eigenvalue weighted by atomic mass is 19.3. The second-order valence-electron chi connectivity index (χ2n) is 12.1. The van der Waals surface area contributed by atoms with E-state index in [9.17, 15) is 28.0 Å². The van der Waals surface area contributed by atoms with E-state index in [1.54, 1.807) is 45.0 Å². The summed E-state index contributed by atoms with van der Waals surface area (Å²) >= 11 is 0. The summed E-state index contributed by atoms with van der Waals surface area (Å²) in [5.74, 6) is -4.65. The maximum Gasteiger partial charge on any atom is 0.407 e. The molecule has 230 valence electrons. The van der Waals surface area contributed by atoms with Gasteiger partial charge < -0.3 is 25.6 Å². The maximum absolute atomic E-state index is 13.7. The van der Waals surface area contributed by atoms with Crippen molar-refractivity contribution in [3.05, 3.63) is 36.0 Å². The lowest BCUT2D eigenvalue weighted by Crippen LogP contribution is -2.43. The summed E-state index contributed by atoms with van der Waals surface area (Å²) in [5, 5.41) is 17.7. The quantitative estimate of drug-likeness (QED) is 0.436. The number of benzene rings is 1. The number of carbonyl (C=O) groups excluding carboxylic acids is 4. The van der Waals surface area contributed by atoms with Gasteiger partial charge in [0.15, 0.2) is 0 Å². The minimum atomic E-state index is -3.15. The van der Waals surface area contributed by atoms with E-state index >= 15 is 0 Å². The molecule has 4 amide bonds. The first-order valence-electron chi connectivity index (χ1n) is 14.3. The lowest BCUT2D eigenvalue weighted by atomic mass is 9.81. The van der Waals surface area contributed by atoms with Crippen molar-refractivity contribution in [1.29, 1.82) is 5.26 Å². The highest BCUT2D eigenvalue weighted by Crippen LogP contribution is 2.32. The highest BCUT2D eigenvalue weighted by Gasteiger charge is 2.47. The predicted octanol–water partition coefficient (Wildman–Crippen LogP) is 3.99. The first-order chi connectivity index (χ1) is 20.2. The Bertz CT molecular complexity index is 1430. The number of alkyl carbamates (subject to hydrolysis) is 1. The largest absolute Gasteiger partial charge is 0.444 e. The van der Waals surface area contributed by atoms with Gasteiger partial charge in [0.1, 0.15) is 11.6 Å². The molecule has 1 aliphatic heterocycles. The van der Waals surface area contributed by atoms with Crippen molar-refractivity contribution >= 4 is 40.4 Å². The van der Waals surface area contributed by atoms with Crippen LogP contribution in [0.25, 0.3) is 10.9 Å². The Labute approximate surface area is 248 Å². The third-order valence-electron chi connectivity index (χ3n) is 7.54. The number of likely N-dealkylation sites (tertiary alicyclic amines) is 1. The summed E-state index contributed by atoms with van der Waals surface area (Å²) in [6.45, 7) is 4.47. The van der Waals surface area contributed by atoms with Crippen molar-refractivity contribution in [1.82, 2.24) is 20.5 Å². The topological polar surface area (TPSA) is 154 Å². The molecule has 0 spiro atoms. The van der Waals surface area contributed by atoms with Crippen LogP contribution >= 0.6 is 0 Å². The van der Waals surface area contributed by atoms with E-state index in [0.717, 1.165) is 17.7 Å². The van der Waals surface area contributed by atoms with Crippen molar-refractivity contribution in [2.45, 2.75) is 70.4 Å². The van der Waals surface area contributed by atoms with Gasteiger partial charge in [0.25, 0.3) is 11.8 Å². The Morgan fingerprint density at radius 3 is 2.51 bits per heavy atom. The summed E-state index contributed by atoms with van der Waals surface area (Å²) in [5.41, 5.74) is 0.580. The number of amides is 4. The van der Waals surface area contributed by atoms with Crippen LogP contribution in [0.3, 0.4) is 0 Å². The molecule has 4 rings (SSSR count). The van der Waals surface area contributed by atoms with E-state index in [4.69, 9.17) is 10.00 Å². The van der Waals surface area contributed by atoms with Crippen molar-refractivity contribution < 1.29 is 32.7 Å². The van der Waals surface area contributed by atoms with Crippen LogP contribution < -0.4 is 16.0 Å². The van der Waals surface area contributed by atoms with Crippen molar-refractivity contribution in [2.75, 3.05) is 25.0 Å². The van der Waals surface area contributed by atoms with E-state index in [0.29, 0.717) is 36.0 Å². The Morgan fingerprint density at radius 2 is 1.84 bits per heavy atom. The molecule has 2 heterocycles. The lowest BCUT2D eigenvalue weighted by Gasteiger charge is -2.28. The molecule has 1 saturated heterocycles. The summed E-state index contributed by atoms with van der Waals surface area (Å²) in [4.78, 5) is 55.5. The number of alkyl halides is 2. The molecule has 11 nitrogen and oxygen atoms in total. The molecule has 2 fully saturated rings. The minimum Gasteiger partial charge on any atom is -0.444 e. The highest BCUT2D eigenvalue weighted by molar-refractivity contribution is 6.08. The zero-order chi connectivity index (χ0) is 31.4. The zero-order valence-corrected chi connectivity index (χ0v) is 24.4. The first kappa shape index (κ1) is 31.6. The van der Waals surface area contributed by atoms with Gasteiger partial charge in [-0.1, -0.05) is 0 Å². The number of aromatic nitrogens is 1. The fourth-order valence-electron chi connectivity index (χ4n) is 5.38. The number of pyridine rings is 1. The molecule has 3 N–H and O–H groups in total. The van der Waals surface area contributed by atoms with Gasteiger partial charge >= 0.3 is 6.09 Å². The number of nitriles is 1. The van der Waals surface area contributed by atoms with Gasteiger partial charge in [-0.25, -0.2) is 13.6 Å². The number of nitrogens with one attached hydrogen (secondary N) is 3. The van der Waals surface area contributed by atoms with Crippen molar-refractivity contribution in [3.63, 3.8) is 0 Å². The molecule has 2 aromatic rings. The SMILES string of the molecule is CC(C)(C)OC(=O)NC[C@H]1CC[C@H](C(=O)Nc2ccc3nccc(C(=O)NCC(=O)N4CC(F)(F)C[C@H]4C#N)c3c2)CC1. The number of rotatable bonds is 7. The van der Waals surface area contributed by atoms with E-state index in [2.05, 4.69) is 20.9 Å². The molecular weight excluding hydrogens is 562 g/mol. The number of carbonyl (C=O) groups is 4. The van der Waals surface area contributed by atoms with Crippen LogP contribution in [-0.4, -0.2) is 70.9 Å². The number of nitrogens with zero attached hydrogens (tertiary/aromatic N) is 3. The second kappa shape index (κ2) is 12.9. The van der Waals surface area contributed by atoms with E-state index in [1.807, 2.05) is 0 Å². The summed E-state index contributed by atoms with van der Waals surface area (Å²) < 4.78 is 32.7. The van der Waals surface area contributed by atoms with E-state index in [-0.39, 0.29) is 23.3 Å². The number of anilines is 1. The van der Waals surface area contributed by atoms with Crippen LogP contribution in [0.1, 0.15) is 63.2 Å². The van der Waals surface area contributed by atoms with Gasteiger partial charge in [0.05, 0.1) is 30.2 Å². The van der Waals surface area contributed by atoms with E-state index in [1.165, 1.54) is 12.3 Å². The number of halogens is 2. The summed E-state index contributed by atoms with van der Waals surface area (Å²) in [6, 6.07) is 6.89. The zero-order valence-electron chi connectivity index (χ0n) is 24.4. The van der Waals surface area contributed by atoms with Crippen molar-refractivity contribution in [2.24, 2.45) is 11.8 Å². The normalized spacial score (nSPS) is 21.5. The maximum atomic E-state index is 13.7. The van der Waals surface area contributed by atoms with Gasteiger partial charge in [-0.3, -0.25) is 19.4 Å². The monoisotopic (exact) mass is 598 g/mol. The van der Waals surface area contributed by atoms with Crippen LogP contribution in [0.4, 0.5) is 19.3 Å². The van der Waals surface area contributed by atoms with Crippen LogP contribution in [0.5, 0.6) is 0 Å². The molecular formula is C30H36F2N6O5. The third kappa shape index (κ3) is 8.37.